The van der Waals surface area contributed by atoms with E-state index >= 15 is 0 Å². The number of piperidine rings is 1. The molecule has 0 aliphatic carbocycles. The third-order valence-electron chi connectivity index (χ3n) is 4.58. The Morgan fingerprint density at radius 2 is 2.45 bits per heavy atom. The minimum Gasteiger partial charge on any atom is -0.481 e. The molecule has 1 saturated heterocycles. The Bertz CT molecular complexity index is 705. The first-order valence-electron chi connectivity index (χ1n) is 7.53. The first kappa shape index (κ1) is 15.2. The average molecular weight is 319 g/mol. The molecule has 3 heterocycles. The van der Waals surface area contributed by atoms with Gasteiger partial charge >= 0.3 is 5.97 Å². The van der Waals surface area contributed by atoms with E-state index in [1.165, 1.54) is 0 Å². The van der Waals surface area contributed by atoms with Gasteiger partial charge in [0.15, 0.2) is 4.96 Å². The lowest BCUT2D eigenvalue weighted by Gasteiger charge is -2.39. The van der Waals surface area contributed by atoms with Gasteiger partial charge in [-0.1, -0.05) is 6.08 Å². The monoisotopic (exact) mass is 319 g/mol. The van der Waals surface area contributed by atoms with E-state index in [0.717, 1.165) is 42.3 Å². The number of aryl methyl sites for hydroxylation is 1. The molecule has 1 unspecified atom stereocenters. The molecule has 1 aliphatic rings. The van der Waals surface area contributed by atoms with E-state index in [4.69, 9.17) is 0 Å². The van der Waals surface area contributed by atoms with Gasteiger partial charge in [-0.15, -0.1) is 17.9 Å². The summed E-state index contributed by atoms with van der Waals surface area (Å²) in [6.45, 7) is 8.01. The molecule has 3 rings (SSSR count). The van der Waals surface area contributed by atoms with Crippen LogP contribution >= 0.6 is 11.3 Å². The van der Waals surface area contributed by atoms with Gasteiger partial charge in [0.25, 0.3) is 0 Å². The van der Waals surface area contributed by atoms with Gasteiger partial charge in [0.05, 0.1) is 16.8 Å². The summed E-state index contributed by atoms with van der Waals surface area (Å²) in [4.78, 5) is 19.6. The summed E-state index contributed by atoms with van der Waals surface area (Å²) in [5.74, 6) is -0.706. The molecule has 1 atom stereocenters. The summed E-state index contributed by atoms with van der Waals surface area (Å²) < 4.78 is 2.12. The first-order chi connectivity index (χ1) is 10.6. The largest absolute Gasteiger partial charge is 0.481 e. The fourth-order valence-electron chi connectivity index (χ4n) is 3.41. The van der Waals surface area contributed by atoms with Crippen molar-refractivity contribution in [3.63, 3.8) is 0 Å². The summed E-state index contributed by atoms with van der Waals surface area (Å²) >= 11 is 1.62. The SMILES string of the molecule is C=CCC1(C(=O)O)CCCN(Cc2c(C)nc3sccn23)C1. The molecule has 0 spiro atoms. The van der Waals surface area contributed by atoms with Crippen LogP contribution in [0.25, 0.3) is 4.96 Å². The van der Waals surface area contributed by atoms with E-state index in [2.05, 4.69) is 20.9 Å². The molecule has 5 nitrogen and oxygen atoms in total. The van der Waals surface area contributed by atoms with Crippen molar-refractivity contribution in [1.82, 2.24) is 14.3 Å². The summed E-state index contributed by atoms with van der Waals surface area (Å²) in [6.07, 6.45) is 5.93. The van der Waals surface area contributed by atoms with Crippen LogP contribution in [0.1, 0.15) is 30.7 Å². The van der Waals surface area contributed by atoms with Crippen LogP contribution in [0.2, 0.25) is 0 Å². The maximum Gasteiger partial charge on any atom is 0.311 e. The van der Waals surface area contributed by atoms with Crippen LogP contribution in [0.3, 0.4) is 0 Å². The van der Waals surface area contributed by atoms with Crippen LogP contribution in [0.4, 0.5) is 0 Å². The van der Waals surface area contributed by atoms with Crippen molar-refractivity contribution in [2.75, 3.05) is 13.1 Å². The molecule has 6 heteroatoms. The van der Waals surface area contributed by atoms with Gasteiger partial charge < -0.3 is 5.11 Å². The molecule has 0 aromatic carbocycles. The molecule has 1 N–H and O–H groups in total. The number of thiazole rings is 1. The van der Waals surface area contributed by atoms with Gasteiger partial charge in [-0.2, -0.15) is 0 Å². The topological polar surface area (TPSA) is 57.8 Å². The number of carboxylic acids is 1. The first-order valence-corrected chi connectivity index (χ1v) is 8.41. The molecule has 118 valence electrons. The van der Waals surface area contributed by atoms with Crippen molar-refractivity contribution in [2.45, 2.75) is 32.7 Å². The fraction of sp³-hybridized carbons (Fsp3) is 0.500. The Labute approximate surface area is 133 Å². The highest BCUT2D eigenvalue weighted by molar-refractivity contribution is 7.15. The number of rotatable bonds is 5. The van der Waals surface area contributed by atoms with E-state index in [1.807, 2.05) is 18.5 Å². The van der Waals surface area contributed by atoms with Crippen molar-refractivity contribution >= 4 is 22.3 Å². The van der Waals surface area contributed by atoms with E-state index in [9.17, 15) is 9.90 Å². The lowest BCUT2D eigenvalue weighted by atomic mass is 9.77. The predicted molar refractivity (Wildman–Crippen MR) is 87.2 cm³/mol. The molecule has 1 fully saturated rings. The number of allylic oxidation sites excluding steroid dienone is 1. The zero-order valence-electron chi connectivity index (χ0n) is 12.8. The second-order valence-corrected chi connectivity index (χ2v) is 6.96. The van der Waals surface area contributed by atoms with Crippen LogP contribution in [0, 0.1) is 12.3 Å². The number of aromatic nitrogens is 2. The van der Waals surface area contributed by atoms with Crippen LogP contribution in [-0.2, 0) is 11.3 Å². The maximum atomic E-state index is 11.8. The van der Waals surface area contributed by atoms with Crippen molar-refractivity contribution in [1.29, 1.82) is 0 Å². The highest BCUT2D eigenvalue weighted by atomic mass is 32.1. The van der Waals surface area contributed by atoms with Crippen molar-refractivity contribution in [3.05, 3.63) is 35.6 Å². The molecule has 1 aliphatic heterocycles. The maximum absolute atomic E-state index is 11.8. The molecule has 22 heavy (non-hydrogen) atoms. The van der Waals surface area contributed by atoms with Crippen LogP contribution in [0.15, 0.2) is 24.2 Å². The lowest BCUT2D eigenvalue weighted by Crippen LogP contribution is -2.47. The number of carboxylic acid groups (broad SMARTS) is 1. The van der Waals surface area contributed by atoms with Crippen molar-refractivity contribution < 1.29 is 9.90 Å². The summed E-state index contributed by atoms with van der Waals surface area (Å²) in [6, 6.07) is 0. The number of aliphatic carboxylic acids is 1. The zero-order chi connectivity index (χ0) is 15.7. The van der Waals surface area contributed by atoms with Crippen LogP contribution in [-0.4, -0.2) is 38.4 Å². The van der Waals surface area contributed by atoms with Crippen LogP contribution < -0.4 is 0 Å². The molecule has 0 radical (unpaired) electrons. The minimum absolute atomic E-state index is 0.526. The molecule has 0 saturated carbocycles. The fourth-order valence-corrected chi connectivity index (χ4v) is 4.19. The number of carbonyl (C=O) groups is 1. The highest BCUT2D eigenvalue weighted by Crippen LogP contribution is 2.35. The van der Waals surface area contributed by atoms with Gasteiger partial charge in [-0.25, -0.2) is 4.98 Å². The van der Waals surface area contributed by atoms with Gasteiger partial charge in [-0.05, 0) is 32.7 Å². The van der Waals surface area contributed by atoms with E-state index in [-0.39, 0.29) is 0 Å². The quantitative estimate of drug-likeness (QED) is 0.861. The second-order valence-electron chi connectivity index (χ2n) is 6.09. The molecule has 0 amide bonds. The molecular formula is C16H21N3O2S. The zero-order valence-corrected chi connectivity index (χ0v) is 13.6. The lowest BCUT2D eigenvalue weighted by molar-refractivity contribution is -0.152. The standard InChI is InChI=1S/C16H21N3O2S/c1-3-5-16(14(20)21)6-4-7-18(11-16)10-13-12(2)17-15-19(13)8-9-22-15/h3,8-9H,1,4-7,10-11H2,2H3,(H,20,21). The Morgan fingerprint density at radius 1 is 1.64 bits per heavy atom. The van der Waals surface area contributed by atoms with Gasteiger partial charge in [-0.3, -0.25) is 14.1 Å². The minimum atomic E-state index is -0.706. The molecule has 2 aromatic heterocycles. The molecule has 2 aromatic rings. The number of hydrogen-bond donors (Lipinski definition) is 1. The normalized spacial score (nSPS) is 23.0. The van der Waals surface area contributed by atoms with Gasteiger partial charge in [0, 0.05) is 24.7 Å². The number of nitrogens with zero attached hydrogens (tertiary/aromatic N) is 3. The molecular weight excluding hydrogens is 298 g/mol. The van der Waals surface area contributed by atoms with E-state index in [1.54, 1.807) is 17.4 Å². The Hall–Kier alpha value is -1.66. The third kappa shape index (κ3) is 2.57. The molecule has 0 bridgehead atoms. The smallest absolute Gasteiger partial charge is 0.311 e. The number of imidazole rings is 1. The second kappa shape index (κ2) is 5.85. The van der Waals surface area contributed by atoms with E-state index in [0.29, 0.717) is 13.0 Å². The number of fused-ring (bicyclic) bond motifs is 1. The summed E-state index contributed by atoms with van der Waals surface area (Å²) in [5, 5.41) is 11.7. The Balaban J connectivity index is 1.83. The average Bonchev–Trinajstić information content (AvgIpc) is 3.03. The van der Waals surface area contributed by atoms with E-state index < -0.39 is 11.4 Å². The van der Waals surface area contributed by atoms with Gasteiger partial charge in [0.2, 0.25) is 0 Å². The number of likely N-dealkylation sites (tertiary alicyclic amines) is 1. The van der Waals surface area contributed by atoms with Gasteiger partial charge in [0.1, 0.15) is 0 Å². The summed E-state index contributed by atoms with van der Waals surface area (Å²) in [5.41, 5.74) is 1.50. The third-order valence-corrected chi connectivity index (χ3v) is 5.34. The number of hydrogen-bond acceptors (Lipinski definition) is 4. The van der Waals surface area contributed by atoms with Crippen LogP contribution in [0.5, 0.6) is 0 Å². The highest BCUT2D eigenvalue weighted by Gasteiger charge is 2.41. The Morgan fingerprint density at radius 3 is 3.18 bits per heavy atom. The van der Waals surface area contributed by atoms with Crippen molar-refractivity contribution in [3.8, 4) is 0 Å². The Kier molecular flexibility index (Phi) is 4.06. The van der Waals surface area contributed by atoms with Crippen molar-refractivity contribution in [2.24, 2.45) is 5.41 Å². The predicted octanol–water partition coefficient (Wildman–Crippen LogP) is 2.95. The summed E-state index contributed by atoms with van der Waals surface area (Å²) in [7, 11) is 0.